The van der Waals surface area contributed by atoms with Gasteiger partial charge >= 0.3 is 0 Å². The topological polar surface area (TPSA) is 72.2 Å². The molecule has 0 amide bonds. The molecule has 2 rings (SSSR count). The fourth-order valence-electron chi connectivity index (χ4n) is 3.41. The lowest BCUT2D eigenvalue weighted by Gasteiger charge is -2.19. The number of hydrogen-bond acceptors (Lipinski definition) is 3. The Balaban J connectivity index is 2.26. The Bertz CT molecular complexity index is 638. The van der Waals surface area contributed by atoms with Gasteiger partial charge in [0.05, 0.1) is 4.90 Å². The Morgan fingerprint density at radius 2 is 1.90 bits per heavy atom. The van der Waals surface area contributed by atoms with Crippen LogP contribution in [0.1, 0.15) is 42.9 Å². The van der Waals surface area contributed by atoms with E-state index in [0.29, 0.717) is 34.5 Å². The van der Waals surface area contributed by atoms with Crippen LogP contribution in [0.2, 0.25) is 0 Å². The fourth-order valence-corrected chi connectivity index (χ4v) is 4.98. The molecule has 4 nitrogen and oxygen atoms in total. The molecule has 1 aliphatic rings. The van der Waals surface area contributed by atoms with E-state index in [1.165, 1.54) is 12.8 Å². The average Bonchev–Trinajstić information content (AvgIpc) is 2.79. The van der Waals surface area contributed by atoms with Crippen molar-refractivity contribution in [1.29, 1.82) is 0 Å². The molecule has 0 spiro atoms. The molecular formula is C16H26N2O2S. The second-order valence-electron chi connectivity index (χ2n) is 6.40. The molecule has 0 saturated heterocycles. The minimum absolute atomic E-state index is 0.344. The second-order valence-corrected chi connectivity index (χ2v) is 8.10. The van der Waals surface area contributed by atoms with Crippen molar-refractivity contribution in [2.75, 3.05) is 12.3 Å². The van der Waals surface area contributed by atoms with Crippen LogP contribution in [0.4, 0.5) is 5.69 Å². The van der Waals surface area contributed by atoms with Crippen molar-refractivity contribution >= 4 is 15.7 Å². The number of nitrogens with one attached hydrogen (secondary N) is 1. The number of rotatable bonds is 4. The van der Waals surface area contributed by atoms with Crippen LogP contribution in [0, 0.1) is 32.6 Å². The van der Waals surface area contributed by atoms with Gasteiger partial charge in [-0.05, 0) is 55.7 Å². The Labute approximate surface area is 128 Å². The van der Waals surface area contributed by atoms with Gasteiger partial charge in [-0.1, -0.05) is 25.8 Å². The third-order valence-electron chi connectivity index (χ3n) is 4.80. The zero-order chi connectivity index (χ0) is 15.8. The molecule has 1 fully saturated rings. The van der Waals surface area contributed by atoms with E-state index in [0.717, 1.165) is 17.5 Å². The van der Waals surface area contributed by atoms with E-state index < -0.39 is 10.0 Å². The lowest BCUT2D eigenvalue weighted by molar-refractivity contribution is 0.414. The summed E-state index contributed by atoms with van der Waals surface area (Å²) in [5.74, 6) is 1.04. The van der Waals surface area contributed by atoms with Crippen LogP contribution in [0.3, 0.4) is 0 Å². The molecule has 0 aromatic heterocycles. The summed E-state index contributed by atoms with van der Waals surface area (Å²) in [6, 6.07) is 1.84. The maximum Gasteiger partial charge on any atom is 0.241 e. The molecule has 5 heteroatoms. The highest BCUT2D eigenvalue weighted by molar-refractivity contribution is 7.89. The van der Waals surface area contributed by atoms with E-state index in [2.05, 4.69) is 11.6 Å². The van der Waals surface area contributed by atoms with Crippen LogP contribution >= 0.6 is 0 Å². The van der Waals surface area contributed by atoms with E-state index in [4.69, 9.17) is 5.73 Å². The first-order valence-electron chi connectivity index (χ1n) is 7.60. The average molecular weight is 310 g/mol. The number of aryl methyl sites for hydroxylation is 2. The van der Waals surface area contributed by atoms with Crippen LogP contribution in [-0.4, -0.2) is 15.0 Å². The number of anilines is 1. The van der Waals surface area contributed by atoms with Crippen LogP contribution < -0.4 is 10.5 Å². The van der Waals surface area contributed by atoms with Gasteiger partial charge in [0.15, 0.2) is 0 Å². The monoisotopic (exact) mass is 310 g/mol. The van der Waals surface area contributed by atoms with E-state index in [9.17, 15) is 8.42 Å². The molecule has 2 atom stereocenters. The summed E-state index contributed by atoms with van der Waals surface area (Å²) in [4.78, 5) is 0.344. The van der Waals surface area contributed by atoms with Crippen LogP contribution in [-0.2, 0) is 10.0 Å². The highest BCUT2D eigenvalue weighted by Gasteiger charge is 2.27. The minimum atomic E-state index is -3.50. The third-order valence-corrected chi connectivity index (χ3v) is 6.52. The summed E-state index contributed by atoms with van der Waals surface area (Å²) in [5, 5.41) is 0. The summed E-state index contributed by atoms with van der Waals surface area (Å²) in [7, 11) is -3.50. The summed E-state index contributed by atoms with van der Waals surface area (Å²) in [5.41, 5.74) is 8.89. The molecule has 1 aromatic carbocycles. The molecule has 0 aliphatic heterocycles. The SMILES string of the molecule is Cc1cc(C)c(S(=O)(=O)NCC2CCCC2C)c(C)c1N. The maximum atomic E-state index is 12.6. The molecule has 1 aliphatic carbocycles. The fraction of sp³-hybridized carbons (Fsp3) is 0.625. The van der Waals surface area contributed by atoms with Crippen LogP contribution in [0.25, 0.3) is 0 Å². The minimum Gasteiger partial charge on any atom is -0.398 e. The summed E-state index contributed by atoms with van der Waals surface area (Å²) in [6.45, 7) is 8.23. The Hall–Kier alpha value is -1.07. The molecule has 0 radical (unpaired) electrons. The molecule has 118 valence electrons. The largest absolute Gasteiger partial charge is 0.398 e. The first-order chi connectivity index (χ1) is 9.74. The number of hydrogen-bond donors (Lipinski definition) is 2. The number of nitrogen functional groups attached to an aromatic ring is 1. The molecule has 2 unspecified atom stereocenters. The Morgan fingerprint density at radius 3 is 2.48 bits per heavy atom. The molecular weight excluding hydrogens is 284 g/mol. The van der Waals surface area contributed by atoms with Gasteiger partial charge in [-0.2, -0.15) is 0 Å². The van der Waals surface area contributed by atoms with Gasteiger partial charge < -0.3 is 5.73 Å². The van der Waals surface area contributed by atoms with Crippen molar-refractivity contribution in [3.8, 4) is 0 Å². The molecule has 21 heavy (non-hydrogen) atoms. The highest BCUT2D eigenvalue weighted by atomic mass is 32.2. The predicted molar refractivity (Wildman–Crippen MR) is 86.8 cm³/mol. The normalized spacial score (nSPS) is 22.7. The van der Waals surface area contributed by atoms with Crippen molar-refractivity contribution in [3.05, 3.63) is 22.8 Å². The number of benzene rings is 1. The van der Waals surface area contributed by atoms with Crippen molar-refractivity contribution in [1.82, 2.24) is 4.72 Å². The zero-order valence-electron chi connectivity index (χ0n) is 13.4. The Kier molecular flexibility index (Phi) is 4.63. The van der Waals surface area contributed by atoms with Gasteiger partial charge in [0.2, 0.25) is 10.0 Å². The summed E-state index contributed by atoms with van der Waals surface area (Å²) >= 11 is 0. The van der Waals surface area contributed by atoms with E-state index >= 15 is 0 Å². The van der Waals surface area contributed by atoms with Gasteiger partial charge in [0, 0.05) is 12.2 Å². The highest BCUT2D eigenvalue weighted by Crippen LogP contribution is 2.32. The lowest BCUT2D eigenvalue weighted by atomic mass is 9.99. The first-order valence-corrected chi connectivity index (χ1v) is 9.08. The van der Waals surface area contributed by atoms with Crippen molar-refractivity contribution in [2.45, 2.75) is 51.9 Å². The van der Waals surface area contributed by atoms with E-state index in [1.807, 2.05) is 19.9 Å². The van der Waals surface area contributed by atoms with Crippen molar-refractivity contribution in [3.63, 3.8) is 0 Å². The van der Waals surface area contributed by atoms with E-state index in [1.54, 1.807) is 6.92 Å². The summed E-state index contributed by atoms with van der Waals surface area (Å²) in [6.07, 6.45) is 3.50. The van der Waals surface area contributed by atoms with E-state index in [-0.39, 0.29) is 0 Å². The first kappa shape index (κ1) is 16.3. The molecule has 3 N–H and O–H groups in total. The van der Waals surface area contributed by atoms with Gasteiger partial charge in [-0.15, -0.1) is 0 Å². The van der Waals surface area contributed by atoms with Gasteiger partial charge in [-0.25, -0.2) is 13.1 Å². The standard InChI is InChI=1S/C16H26N2O2S/c1-10-6-5-7-14(10)9-18-21(19,20)16-12(3)8-11(2)15(17)13(16)4/h8,10,14,18H,5-7,9,17H2,1-4H3. The quantitative estimate of drug-likeness (QED) is 0.840. The third kappa shape index (κ3) is 3.24. The maximum absolute atomic E-state index is 12.6. The van der Waals surface area contributed by atoms with Gasteiger partial charge in [0.1, 0.15) is 0 Å². The number of nitrogens with two attached hydrogens (primary N) is 1. The Morgan fingerprint density at radius 1 is 1.24 bits per heavy atom. The molecule has 0 bridgehead atoms. The zero-order valence-corrected chi connectivity index (χ0v) is 14.2. The molecule has 1 aromatic rings. The smallest absolute Gasteiger partial charge is 0.241 e. The number of sulfonamides is 1. The predicted octanol–water partition coefficient (Wildman–Crippen LogP) is 2.91. The second kappa shape index (κ2) is 5.97. The molecule has 0 heterocycles. The van der Waals surface area contributed by atoms with Crippen molar-refractivity contribution in [2.24, 2.45) is 11.8 Å². The lowest BCUT2D eigenvalue weighted by Crippen LogP contribution is -2.31. The van der Waals surface area contributed by atoms with Crippen LogP contribution in [0.15, 0.2) is 11.0 Å². The molecule has 1 saturated carbocycles. The van der Waals surface area contributed by atoms with Crippen LogP contribution in [0.5, 0.6) is 0 Å². The summed E-state index contributed by atoms with van der Waals surface area (Å²) < 4.78 is 28.1. The van der Waals surface area contributed by atoms with Crippen molar-refractivity contribution < 1.29 is 8.42 Å². The van der Waals surface area contributed by atoms with Gasteiger partial charge in [0.25, 0.3) is 0 Å². The van der Waals surface area contributed by atoms with Gasteiger partial charge in [-0.3, -0.25) is 0 Å².